The zero-order valence-electron chi connectivity index (χ0n) is 17.0. The minimum atomic E-state index is -4.84. The topological polar surface area (TPSA) is 101 Å². The summed E-state index contributed by atoms with van der Waals surface area (Å²) in [4.78, 5) is 30.5. The maximum atomic E-state index is 13.0. The second kappa shape index (κ2) is 9.10. The molecule has 0 radical (unpaired) electrons. The van der Waals surface area contributed by atoms with Gasteiger partial charge in [-0.3, -0.25) is 4.79 Å². The summed E-state index contributed by atoms with van der Waals surface area (Å²) >= 11 is 6.26. The number of ether oxygens (including phenoxy) is 2. The number of nitrogens with zero attached hydrogens (tertiary/aromatic N) is 2. The number of carbonyl (C=O) groups excluding carboxylic acids is 1. The lowest BCUT2D eigenvalue weighted by atomic mass is 10.1. The first kappa shape index (κ1) is 23.2. The van der Waals surface area contributed by atoms with Gasteiger partial charge in [0, 0.05) is 11.9 Å². The molecule has 0 spiro atoms. The number of carbonyl (C=O) groups is 2. The summed E-state index contributed by atoms with van der Waals surface area (Å²) in [5.41, 5.74) is 0.572. The van der Waals surface area contributed by atoms with Crippen molar-refractivity contribution in [2.75, 3.05) is 16.8 Å². The molecule has 0 saturated heterocycles. The van der Waals surface area contributed by atoms with Crippen LogP contribution in [0.15, 0.2) is 60.8 Å². The minimum absolute atomic E-state index is 0.00241. The van der Waals surface area contributed by atoms with Crippen molar-refractivity contribution in [3.05, 3.63) is 71.4 Å². The first-order chi connectivity index (χ1) is 16.1. The number of amides is 1. The number of halogens is 4. The molecule has 12 heteroatoms. The molecule has 34 heavy (non-hydrogen) atoms. The summed E-state index contributed by atoms with van der Waals surface area (Å²) in [6.07, 6.45) is -4.67. The number of carboxylic acids is 1. The number of hydrogen-bond acceptors (Lipinski definition) is 6. The van der Waals surface area contributed by atoms with E-state index in [1.165, 1.54) is 24.4 Å². The third-order valence-corrected chi connectivity index (χ3v) is 5.05. The van der Waals surface area contributed by atoms with Gasteiger partial charge in [0.05, 0.1) is 22.8 Å². The normalized spacial score (nSPS) is 15.2. The molecule has 1 aliphatic rings. The summed E-state index contributed by atoms with van der Waals surface area (Å²) in [5.74, 6) is -2.08. The van der Waals surface area contributed by atoms with Crippen molar-refractivity contribution in [3.63, 3.8) is 0 Å². The Bertz CT molecular complexity index is 1240. The SMILES string of the molecule is O=C(Nc1ccc(OC(F)(F)F)cc1)c1cccc2c1OC(C(=O)O)CN2c1ncccc1Cl. The molecule has 8 nitrogen and oxygen atoms in total. The second-order valence-corrected chi connectivity index (χ2v) is 7.45. The van der Waals surface area contributed by atoms with E-state index < -0.39 is 30.1 Å². The molecule has 1 aromatic heterocycles. The van der Waals surface area contributed by atoms with E-state index in [9.17, 15) is 27.9 Å². The van der Waals surface area contributed by atoms with Crippen LogP contribution in [-0.2, 0) is 4.79 Å². The molecule has 2 N–H and O–H groups in total. The molecule has 1 unspecified atom stereocenters. The van der Waals surface area contributed by atoms with Gasteiger partial charge in [-0.1, -0.05) is 17.7 Å². The van der Waals surface area contributed by atoms with E-state index in [2.05, 4.69) is 15.0 Å². The fourth-order valence-corrected chi connectivity index (χ4v) is 3.55. The molecule has 1 amide bonds. The maximum Gasteiger partial charge on any atom is 0.573 e. The number of hydrogen-bond donors (Lipinski definition) is 2. The third kappa shape index (κ3) is 4.99. The van der Waals surface area contributed by atoms with Crippen molar-refractivity contribution >= 4 is 40.7 Å². The molecule has 1 aliphatic heterocycles. The number of aromatic nitrogens is 1. The zero-order chi connectivity index (χ0) is 24.5. The fourth-order valence-electron chi connectivity index (χ4n) is 3.33. The number of anilines is 3. The van der Waals surface area contributed by atoms with Crippen molar-refractivity contribution in [1.29, 1.82) is 0 Å². The Kier molecular flexibility index (Phi) is 6.20. The van der Waals surface area contributed by atoms with Crippen LogP contribution >= 0.6 is 11.6 Å². The molecule has 0 fully saturated rings. The Morgan fingerprint density at radius 2 is 1.88 bits per heavy atom. The van der Waals surface area contributed by atoms with E-state index in [0.29, 0.717) is 5.69 Å². The average molecular weight is 494 g/mol. The van der Waals surface area contributed by atoms with Crippen LogP contribution in [0.2, 0.25) is 5.02 Å². The van der Waals surface area contributed by atoms with Crippen molar-refractivity contribution in [3.8, 4) is 11.5 Å². The Hall–Kier alpha value is -3.99. The number of para-hydroxylation sites is 1. The van der Waals surface area contributed by atoms with Crippen LogP contribution in [0.25, 0.3) is 0 Å². The lowest BCUT2D eigenvalue weighted by Gasteiger charge is -2.35. The smallest absolute Gasteiger partial charge is 0.478 e. The minimum Gasteiger partial charge on any atom is -0.478 e. The molecule has 0 bridgehead atoms. The molecular weight excluding hydrogens is 479 g/mol. The first-order valence-corrected chi connectivity index (χ1v) is 10.1. The Morgan fingerprint density at radius 1 is 1.15 bits per heavy atom. The van der Waals surface area contributed by atoms with Gasteiger partial charge >= 0.3 is 12.3 Å². The first-order valence-electron chi connectivity index (χ1n) is 9.70. The van der Waals surface area contributed by atoms with Gasteiger partial charge in [-0.15, -0.1) is 13.2 Å². The summed E-state index contributed by atoms with van der Waals surface area (Å²) in [6, 6.07) is 12.4. The molecule has 2 heterocycles. The number of fused-ring (bicyclic) bond motifs is 1. The van der Waals surface area contributed by atoms with Gasteiger partial charge in [0.2, 0.25) is 6.10 Å². The molecule has 3 aromatic rings. The van der Waals surface area contributed by atoms with E-state index in [0.717, 1.165) is 12.1 Å². The number of alkyl halides is 3. The number of benzene rings is 2. The van der Waals surface area contributed by atoms with Gasteiger partial charge in [0.1, 0.15) is 5.75 Å². The predicted octanol–water partition coefficient (Wildman–Crippen LogP) is 4.87. The van der Waals surface area contributed by atoms with Crippen molar-refractivity contribution in [1.82, 2.24) is 4.98 Å². The van der Waals surface area contributed by atoms with Crippen molar-refractivity contribution in [2.45, 2.75) is 12.5 Å². The van der Waals surface area contributed by atoms with E-state index in [4.69, 9.17) is 16.3 Å². The molecule has 4 rings (SSSR count). The second-order valence-electron chi connectivity index (χ2n) is 7.04. The Labute approximate surface area is 195 Å². The van der Waals surface area contributed by atoms with Gasteiger partial charge in [0.15, 0.2) is 11.6 Å². The number of aliphatic carboxylic acids is 1. The Balaban J connectivity index is 1.65. The molecule has 0 saturated carbocycles. The fraction of sp³-hybridized carbons (Fsp3) is 0.136. The van der Waals surface area contributed by atoms with Crippen LogP contribution in [0.5, 0.6) is 11.5 Å². The van der Waals surface area contributed by atoms with E-state index in [1.54, 1.807) is 29.2 Å². The highest BCUT2D eigenvalue weighted by atomic mass is 35.5. The largest absolute Gasteiger partial charge is 0.573 e. The van der Waals surface area contributed by atoms with Crippen LogP contribution < -0.4 is 19.7 Å². The van der Waals surface area contributed by atoms with E-state index in [1.807, 2.05) is 0 Å². The number of carboxylic acid groups (broad SMARTS) is 1. The van der Waals surface area contributed by atoms with Crippen LogP contribution in [0.1, 0.15) is 10.4 Å². The summed E-state index contributed by atoms with van der Waals surface area (Å²) in [6.45, 7) is -0.106. The molecular formula is C22H15ClF3N3O5. The lowest BCUT2D eigenvalue weighted by Crippen LogP contribution is -2.43. The van der Waals surface area contributed by atoms with Crippen LogP contribution in [-0.4, -0.2) is 41.0 Å². The third-order valence-electron chi connectivity index (χ3n) is 4.75. The highest BCUT2D eigenvalue weighted by Crippen LogP contribution is 2.42. The van der Waals surface area contributed by atoms with Gasteiger partial charge in [-0.2, -0.15) is 0 Å². The zero-order valence-corrected chi connectivity index (χ0v) is 17.8. The summed E-state index contributed by atoms with van der Waals surface area (Å²) < 4.78 is 46.4. The summed E-state index contributed by atoms with van der Waals surface area (Å²) in [7, 11) is 0. The molecule has 0 aliphatic carbocycles. The average Bonchev–Trinajstić information content (AvgIpc) is 2.78. The van der Waals surface area contributed by atoms with Gasteiger partial charge in [-0.25, -0.2) is 9.78 Å². The van der Waals surface area contributed by atoms with Gasteiger partial charge < -0.3 is 24.8 Å². The van der Waals surface area contributed by atoms with E-state index >= 15 is 0 Å². The number of nitrogens with one attached hydrogen (secondary N) is 1. The number of rotatable bonds is 5. The predicted molar refractivity (Wildman–Crippen MR) is 116 cm³/mol. The van der Waals surface area contributed by atoms with Crippen molar-refractivity contribution < 1.29 is 37.3 Å². The van der Waals surface area contributed by atoms with Crippen LogP contribution in [0.4, 0.5) is 30.4 Å². The Morgan fingerprint density at radius 3 is 2.53 bits per heavy atom. The monoisotopic (exact) mass is 493 g/mol. The van der Waals surface area contributed by atoms with Crippen LogP contribution in [0.3, 0.4) is 0 Å². The highest BCUT2D eigenvalue weighted by molar-refractivity contribution is 6.33. The molecule has 1 atom stereocenters. The molecule has 2 aromatic carbocycles. The van der Waals surface area contributed by atoms with Crippen LogP contribution in [0, 0.1) is 0 Å². The van der Waals surface area contributed by atoms with Gasteiger partial charge in [0.25, 0.3) is 5.91 Å². The summed E-state index contributed by atoms with van der Waals surface area (Å²) in [5, 5.41) is 12.4. The molecule has 176 valence electrons. The maximum absolute atomic E-state index is 13.0. The van der Waals surface area contributed by atoms with E-state index in [-0.39, 0.29) is 34.4 Å². The highest BCUT2D eigenvalue weighted by Gasteiger charge is 2.35. The number of pyridine rings is 1. The quantitative estimate of drug-likeness (QED) is 0.523. The van der Waals surface area contributed by atoms with Crippen molar-refractivity contribution in [2.24, 2.45) is 0 Å². The van der Waals surface area contributed by atoms with Gasteiger partial charge in [-0.05, 0) is 48.5 Å². The standard InChI is InChI=1S/C22H15ClF3N3O5/c23-15-4-2-10-27-19(15)29-11-17(21(31)32)33-18-14(3-1-5-16(18)29)20(30)28-12-6-8-13(9-7-12)34-22(24,25)26/h1-10,17H,11H2,(H,28,30)(H,31,32). The lowest BCUT2D eigenvalue weighted by molar-refractivity contribution is -0.274.